The van der Waals surface area contributed by atoms with Crippen LogP contribution in [0.3, 0.4) is 0 Å². The molecule has 1 aliphatic heterocycles. The van der Waals surface area contributed by atoms with E-state index >= 15 is 0 Å². The maximum atomic E-state index is 12.2. The number of carbonyl (C=O) groups is 1. The van der Waals surface area contributed by atoms with Gasteiger partial charge in [-0.1, -0.05) is 68.2 Å². The van der Waals surface area contributed by atoms with Gasteiger partial charge in [-0.25, -0.2) is 0 Å². The zero-order valence-corrected chi connectivity index (χ0v) is 13.3. The number of hydrogen-bond donors (Lipinski definition) is 0. The number of amides is 1. The molecule has 0 radical (unpaired) electrons. The van der Waals surface area contributed by atoms with E-state index < -0.39 is 0 Å². The van der Waals surface area contributed by atoms with Gasteiger partial charge in [0.2, 0.25) is 0 Å². The molecule has 1 aromatic rings. The molecule has 1 aromatic carbocycles. The van der Waals surface area contributed by atoms with Crippen LogP contribution in [0.5, 0.6) is 0 Å². The Kier molecular flexibility index (Phi) is 4.78. The second kappa shape index (κ2) is 6.37. The molecule has 0 N–H and O–H groups in total. The summed E-state index contributed by atoms with van der Waals surface area (Å²) in [5.41, 5.74) is 2.31. The van der Waals surface area contributed by atoms with E-state index in [9.17, 15) is 4.79 Å². The van der Waals surface area contributed by atoms with E-state index in [1.807, 2.05) is 18.2 Å². The first-order chi connectivity index (χ1) is 9.52. The average molecular weight is 303 g/mol. The topological polar surface area (TPSA) is 20.3 Å². The monoisotopic (exact) mass is 303 g/mol. The van der Waals surface area contributed by atoms with Crippen LogP contribution in [0.25, 0.3) is 6.08 Å². The van der Waals surface area contributed by atoms with Crippen molar-refractivity contribution in [3.8, 4) is 0 Å². The Bertz CT molecular complexity index is 573. The molecule has 0 bridgehead atoms. The quantitative estimate of drug-likeness (QED) is 0.472. The van der Waals surface area contributed by atoms with Crippen molar-refractivity contribution in [2.24, 2.45) is 0 Å². The fourth-order valence-electron chi connectivity index (χ4n) is 1.91. The molecule has 20 heavy (non-hydrogen) atoms. The van der Waals surface area contributed by atoms with E-state index in [2.05, 4.69) is 32.6 Å². The zero-order chi connectivity index (χ0) is 14.7. The molecule has 0 aliphatic carbocycles. The summed E-state index contributed by atoms with van der Waals surface area (Å²) in [7, 11) is 0. The predicted molar refractivity (Wildman–Crippen MR) is 90.6 cm³/mol. The Hall–Kier alpha value is -1.39. The molecule has 1 aliphatic rings. The predicted octanol–water partition coefficient (Wildman–Crippen LogP) is 4.20. The molecule has 1 heterocycles. The number of carbonyl (C=O) groups excluding carboxylic acids is 1. The van der Waals surface area contributed by atoms with Crippen LogP contribution in [0.4, 0.5) is 0 Å². The summed E-state index contributed by atoms with van der Waals surface area (Å²) in [6, 6.07) is 8.27. The molecule has 0 spiro atoms. The lowest BCUT2D eigenvalue weighted by molar-refractivity contribution is -0.121. The van der Waals surface area contributed by atoms with Crippen LogP contribution in [-0.2, 0) is 4.79 Å². The molecule has 1 fully saturated rings. The van der Waals surface area contributed by atoms with Crippen molar-refractivity contribution in [2.45, 2.75) is 19.8 Å². The maximum absolute atomic E-state index is 12.2. The van der Waals surface area contributed by atoms with Crippen molar-refractivity contribution < 1.29 is 4.79 Å². The summed E-state index contributed by atoms with van der Waals surface area (Å²) in [6.45, 7) is 8.44. The minimum atomic E-state index is -0.0344. The number of thioether (sulfide) groups is 1. The SMILES string of the molecule is C=CCN1C(=O)C(=Cc2ccc(C(C)C)cc2)SC1=S. The van der Waals surface area contributed by atoms with Crippen LogP contribution in [0.15, 0.2) is 41.8 Å². The molecule has 104 valence electrons. The van der Waals surface area contributed by atoms with Gasteiger partial charge in [0.25, 0.3) is 5.91 Å². The molecular formula is C16H17NOS2. The van der Waals surface area contributed by atoms with Crippen molar-refractivity contribution >= 4 is 40.3 Å². The van der Waals surface area contributed by atoms with Crippen LogP contribution < -0.4 is 0 Å². The van der Waals surface area contributed by atoms with Crippen molar-refractivity contribution in [2.75, 3.05) is 6.54 Å². The maximum Gasteiger partial charge on any atom is 0.266 e. The van der Waals surface area contributed by atoms with Gasteiger partial charge in [-0.2, -0.15) is 0 Å². The Labute approximate surface area is 129 Å². The van der Waals surface area contributed by atoms with Gasteiger partial charge in [-0.3, -0.25) is 9.69 Å². The first-order valence-corrected chi connectivity index (χ1v) is 7.71. The van der Waals surface area contributed by atoms with Gasteiger partial charge >= 0.3 is 0 Å². The molecule has 2 rings (SSSR count). The standard InChI is InChI=1S/C16H17NOS2/c1-4-9-17-15(18)14(20-16(17)19)10-12-5-7-13(8-6-12)11(2)3/h4-8,10-11H,1,9H2,2-3H3. The summed E-state index contributed by atoms with van der Waals surface area (Å²) in [5, 5.41) is 0. The van der Waals surface area contributed by atoms with Gasteiger partial charge in [-0.15, -0.1) is 6.58 Å². The number of hydrogen-bond acceptors (Lipinski definition) is 3. The summed E-state index contributed by atoms with van der Waals surface area (Å²) < 4.78 is 0.597. The lowest BCUT2D eigenvalue weighted by atomic mass is 10.0. The van der Waals surface area contributed by atoms with Gasteiger partial charge in [0.05, 0.1) is 4.91 Å². The van der Waals surface area contributed by atoms with Gasteiger partial charge < -0.3 is 0 Å². The highest BCUT2D eigenvalue weighted by Gasteiger charge is 2.30. The van der Waals surface area contributed by atoms with Crippen LogP contribution >= 0.6 is 24.0 Å². The summed E-state index contributed by atoms with van der Waals surface area (Å²) >= 11 is 6.56. The minimum absolute atomic E-state index is 0.0344. The van der Waals surface area contributed by atoms with E-state index in [0.717, 1.165) is 5.56 Å². The summed E-state index contributed by atoms with van der Waals surface area (Å²) in [5.74, 6) is 0.475. The molecule has 0 aromatic heterocycles. The second-order valence-corrected chi connectivity index (χ2v) is 6.58. The Morgan fingerprint density at radius 3 is 2.55 bits per heavy atom. The molecule has 1 saturated heterocycles. The normalized spacial score (nSPS) is 17.4. The molecule has 1 amide bonds. The first kappa shape index (κ1) is 15.0. The fraction of sp³-hybridized carbons (Fsp3) is 0.250. The fourth-order valence-corrected chi connectivity index (χ4v) is 3.19. The van der Waals surface area contributed by atoms with E-state index in [-0.39, 0.29) is 5.91 Å². The number of rotatable bonds is 4. The van der Waals surface area contributed by atoms with Crippen molar-refractivity contribution in [1.82, 2.24) is 4.90 Å². The Balaban J connectivity index is 2.21. The van der Waals surface area contributed by atoms with Crippen LogP contribution in [0, 0.1) is 0 Å². The van der Waals surface area contributed by atoms with E-state index in [1.54, 1.807) is 11.0 Å². The molecule has 0 saturated carbocycles. The largest absolute Gasteiger partial charge is 0.289 e. The lowest BCUT2D eigenvalue weighted by Crippen LogP contribution is -2.27. The van der Waals surface area contributed by atoms with E-state index in [1.165, 1.54) is 17.3 Å². The average Bonchev–Trinajstić information content (AvgIpc) is 2.67. The number of benzene rings is 1. The zero-order valence-electron chi connectivity index (χ0n) is 11.6. The van der Waals surface area contributed by atoms with Gasteiger partial charge in [0, 0.05) is 6.54 Å². The Morgan fingerprint density at radius 2 is 2.00 bits per heavy atom. The van der Waals surface area contributed by atoms with Crippen molar-refractivity contribution in [3.05, 3.63) is 53.0 Å². The molecule has 4 heteroatoms. The Morgan fingerprint density at radius 1 is 1.35 bits per heavy atom. The molecule has 0 unspecified atom stereocenters. The second-order valence-electron chi connectivity index (χ2n) is 4.90. The third-order valence-electron chi connectivity index (χ3n) is 3.09. The van der Waals surface area contributed by atoms with Crippen molar-refractivity contribution in [1.29, 1.82) is 0 Å². The lowest BCUT2D eigenvalue weighted by Gasteiger charge is -2.10. The molecular weight excluding hydrogens is 286 g/mol. The third kappa shape index (κ3) is 3.19. The number of nitrogens with zero attached hydrogens (tertiary/aromatic N) is 1. The highest BCUT2D eigenvalue weighted by atomic mass is 32.2. The highest BCUT2D eigenvalue weighted by Crippen LogP contribution is 2.32. The van der Waals surface area contributed by atoms with Crippen LogP contribution in [0.1, 0.15) is 30.9 Å². The third-order valence-corrected chi connectivity index (χ3v) is 4.46. The minimum Gasteiger partial charge on any atom is -0.289 e. The summed E-state index contributed by atoms with van der Waals surface area (Å²) in [4.78, 5) is 14.4. The van der Waals surface area contributed by atoms with Gasteiger partial charge in [0.1, 0.15) is 4.32 Å². The van der Waals surface area contributed by atoms with E-state index in [0.29, 0.717) is 21.7 Å². The van der Waals surface area contributed by atoms with Crippen molar-refractivity contribution in [3.63, 3.8) is 0 Å². The smallest absolute Gasteiger partial charge is 0.266 e. The van der Waals surface area contributed by atoms with Gasteiger partial charge in [0.15, 0.2) is 0 Å². The van der Waals surface area contributed by atoms with Crippen LogP contribution in [0.2, 0.25) is 0 Å². The molecule has 2 nitrogen and oxygen atoms in total. The highest BCUT2D eigenvalue weighted by molar-refractivity contribution is 8.26. The molecule has 0 atom stereocenters. The number of thiocarbonyl (C=S) groups is 1. The van der Waals surface area contributed by atoms with E-state index in [4.69, 9.17) is 12.2 Å². The summed E-state index contributed by atoms with van der Waals surface area (Å²) in [6.07, 6.45) is 3.58. The van der Waals surface area contributed by atoms with Gasteiger partial charge in [-0.05, 0) is 23.1 Å². The first-order valence-electron chi connectivity index (χ1n) is 6.49. The van der Waals surface area contributed by atoms with Crippen LogP contribution in [-0.4, -0.2) is 21.7 Å².